The van der Waals surface area contributed by atoms with Crippen molar-refractivity contribution in [2.75, 3.05) is 0 Å². The Morgan fingerprint density at radius 2 is 2.25 bits per heavy atom. The first kappa shape index (κ1) is 5.48. The molecular formula is C6H10BN. The minimum absolute atomic E-state index is 0.569. The van der Waals surface area contributed by atoms with E-state index in [2.05, 4.69) is 38.1 Å². The molecule has 8 heavy (non-hydrogen) atoms. The summed E-state index contributed by atoms with van der Waals surface area (Å²) in [5.74, 6) is 0. The summed E-state index contributed by atoms with van der Waals surface area (Å²) in [6, 6.07) is 0.569. The molecule has 0 radical (unpaired) electrons. The van der Waals surface area contributed by atoms with Gasteiger partial charge in [-0.1, -0.05) is 12.2 Å². The van der Waals surface area contributed by atoms with Crippen molar-refractivity contribution in [1.82, 2.24) is 4.81 Å². The van der Waals surface area contributed by atoms with Gasteiger partial charge in [-0.15, -0.1) is 0 Å². The molecule has 0 aliphatic carbocycles. The zero-order chi connectivity index (χ0) is 5.98. The number of allylic oxidation sites excluding steroid dienone is 2. The summed E-state index contributed by atoms with van der Waals surface area (Å²) in [5, 5.41) is 0. The molecule has 42 valence electrons. The van der Waals surface area contributed by atoms with Crippen LogP contribution in [0.1, 0.15) is 6.92 Å². The maximum Gasteiger partial charge on any atom is 0.217 e. The molecule has 0 aromatic heterocycles. The van der Waals surface area contributed by atoms with Gasteiger partial charge in [-0.2, -0.15) is 0 Å². The Bertz CT molecular complexity index is 112. The minimum Gasteiger partial charge on any atom is -0.422 e. The maximum absolute atomic E-state index is 2.17. The van der Waals surface area contributed by atoms with Gasteiger partial charge in [0, 0.05) is 6.04 Å². The molecule has 1 unspecified atom stereocenters. The molecule has 1 heterocycles. The van der Waals surface area contributed by atoms with Crippen LogP contribution in [0, 0.1) is 0 Å². The molecule has 0 aromatic carbocycles. The number of nitrogens with zero attached hydrogens (tertiary/aromatic N) is 1. The van der Waals surface area contributed by atoms with Crippen molar-refractivity contribution >= 4 is 7.98 Å². The lowest BCUT2D eigenvalue weighted by Gasteiger charge is -2.22. The third-order valence-electron chi connectivity index (χ3n) is 1.46. The Labute approximate surface area is 51.1 Å². The molecular weight excluding hydrogens is 96.9 g/mol. The number of rotatable bonds is 0. The van der Waals surface area contributed by atoms with E-state index in [0.29, 0.717) is 6.04 Å². The van der Waals surface area contributed by atoms with Crippen molar-refractivity contribution in [2.45, 2.75) is 13.0 Å². The Morgan fingerprint density at radius 1 is 1.50 bits per heavy atom. The predicted molar refractivity (Wildman–Crippen MR) is 38.1 cm³/mol. The van der Waals surface area contributed by atoms with Crippen LogP contribution in [0.25, 0.3) is 0 Å². The first-order chi connectivity index (χ1) is 3.80. The highest BCUT2D eigenvalue weighted by Gasteiger charge is 2.00. The summed E-state index contributed by atoms with van der Waals surface area (Å²) in [5.41, 5.74) is 0. The highest BCUT2D eigenvalue weighted by Crippen LogP contribution is 2.01. The highest BCUT2D eigenvalue weighted by molar-refractivity contribution is 6.05. The zero-order valence-electron chi connectivity index (χ0n) is 5.33. The van der Waals surface area contributed by atoms with E-state index < -0.39 is 0 Å². The van der Waals surface area contributed by atoms with Crippen LogP contribution in [-0.4, -0.2) is 18.8 Å². The van der Waals surface area contributed by atoms with E-state index in [9.17, 15) is 0 Å². The van der Waals surface area contributed by atoms with Gasteiger partial charge in [0.15, 0.2) is 0 Å². The van der Waals surface area contributed by atoms with Crippen molar-refractivity contribution in [2.24, 2.45) is 0 Å². The molecule has 1 aliphatic heterocycles. The summed E-state index contributed by atoms with van der Waals surface area (Å²) in [6.07, 6.45) is 8.36. The molecule has 0 saturated heterocycles. The molecule has 1 nitrogen and oxygen atoms in total. The fourth-order valence-corrected chi connectivity index (χ4v) is 0.682. The Kier molecular flexibility index (Phi) is 1.42. The molecule has 2 heteroatoms. The molecule has 0 N–H and O–H groups in total. The molecule has 1 rings (SSSR count). The van der Waals surface area contributed by atoms with Gasteiger partial charge in [0.05, 0.1) is 0 Å². The summed E-state index contributed by atoms with van der Waals surface area (Å²) in [4.78, 5) is 2.17. The smallest absolute Gasteiger partial charge is 0.217 e. The van der Waals surface area contributed by atoms with E-state index in [1.54, 1.807) is 0 Å². The van der Waals surface area contributed by atoms with E-state index in [1.165, 1.54) is 0 Å². The second-order valence-electron chi connectivity index (χ2n) is 2.13. The Balaban J connectivity index is 2.59. The topological polar surface area (TPSA) is 3.24 Å². The van der Waals surface area contributed by atoms with Gasteiger partial charge in [-0.3, -0.25) is 0 Å². The van der Waals surface area contributed by atoms with Gasteiger partial charge < -0.3 is 4.81 Å². The second kappa shape index (κ2) is 2.08. The first-order valence-electron chi connectivity index (χ1n) is 2.87. The van der Waals surface area contributed by atoms with E-state index in [0.717, 1.165) is 0 Å². The van der Waals surface area contributed by atoms with Crippen LogP contribution in [-0.2, 0) is 0 Å². The Hall–Kier alpha value is -0.655. The fourth-order valence-electron chi connectivity index (χ4n) is 0.682. The van der Waals surface area contributed by atoms with Crippen molar-refractivity contribution < 1.29 is 0 Å². The number of hydrogen-bond acceptors (Lipinski definition) is 1. The lowest BCUT2D eigenvalue weighted by Crippen LogP contribution is -2.24. The van der Waals surface area contributed by atoms with E-state index >= 15 is 0 Å². The summed E-state index contributed by atoms with van der Waals surface area (Å²) >= 11 is 0. The third-order valence-corrected chi connectivity index (χ3v) is 1.46. The molecule has 0 amide bonds. The average molecular weight is 107 g/mol. The van der Waals surface area contributed by atoms with Gasteiger partial charge in [0.1, 0.15) is 0 Å². The Morgan fingerprint density at radius 3 is 2.62 bits per heavy atom. The molecule has 0 saturated carbocycles. The average Bonchev–Trinajstić information content (AvgIpc) is 1.77. The molecule has 0 bridgehead atoms. The monoisotopic (exact) mass is 107 g/mol. The summed E-state index contributed by atoms with van der Waals surface area (Å²) < 4.78 is 0. The van der Waals surface area contributed by atoms with Crippen molar-refractivity contribution in [1.29, 1.82) is 0 Å². The van der Waals surface area contributed by atoms with Crippen LogP contribution in [0.2, 0.25) is 0 Å². The van der Waals surface area contributed by atoms with Crippen molar-refractivity contribution in [3.63, 3.8) is 0 Å². The maximum atomic E-state index is 2.17. The van der Waals surface area contributed by atoms with Gasteiger partial charge >= 0.3 is 0 Å². The molecule has 1 atom stereocenters. The standard InChI is InChI=1S/C6H10BN/c1-6-4-2-3-5-8(6)7/h2-6H,7H2,1H3. The molecule has 0 spiro atoms. The van der Waals surface area contributed by atoms with Crippen molar-refractivity contribution in [3.8, 4) is 0 Å². The van der Waals surface area contributed by atoms with Gasteiger partial charge in [-0.05, 0) is 19.2 Å². The summed E-state index contributed by atoms with van der Waals surface area (Å²) in [6.45, 7) is 2.17. The van der Waals surface area contributed by atoms with Gasteiger partial charge in [0.25, 0.3) is 0 Å². The van der Waals surface area contributed by atoms with Crippen LogP contribution >= 0.6 is 0 Å². The fraction of sp³-hybridized carbons (Fsp3) is 0.333. The van der Waals surface area contributed by atoms with Crippen LogP contribution in [0.3, 0.4) is 0 Å². The quantitative estimate of drug-likeness (QED) is 0.402. The van der Waals surface area contributed by atoms with Gasteiger partial charge in [0.2, 0.25) is 7.98 Å². The van der Waals surface area contributed by atoms with E-state index in [4.69, 9.17) is 0 Å². The normalized spacial score (nSPS) is 26.6. The molecule has 0 fully saturated rings. The van der Waals surface area contributed by atoms with E-state index in [1.807, 2.05) is 6.08 Å². The predicted octanol–water partition coefficient (Wildman–Crippen LogP) is 0.308. The lowest BCUT2D eigenvalue weighted by atomic mass is 10.1. The lowest BCUT2D eigenvalue weighted by molar-refractivity contribution is 0.530. The SMILES string of the molecule is BN1C=CC=CC1C. The summed E-state index contributed by atoms with van der Waals surface area (Å²) in [7, 11) is 2.07. The second-order valence-corrected chi connectivity index (χ2v) is 2.13. The molecule has 1 aliphatic rings. The van der Waals surface area contributed by atoms with Gasteiger partial charge in [-0.25, -0.2) is 0 Å². The largest absolute Gasteiger partial charge is 0.422 e. The third kappa shape index (κ3) is 0.943. The van der Waals surface area contributed by atoms with Crippen LogP contribution in [0.15, 0.2) is 24.4 Å². The first-order valence-corrected chi connectivity index (χ1v) is 2.87. The van der Waals surface area contributed by atoms with Crippen LogP contribution < -0.4 is 0 Å². The van der Waals surface area contributed by atoms with Crippen LogP contribution in [0.4, 0.5) is 0 Å². The molecule has 0 aromatic rings. The zero-order valence-corrected chi connectivity index (χ0v) is 5.33. The van der Waals surface area contributed by atoms with Crippen molar-refractivity contribution in [3.05, 3.63) is 24.4 Å². The minimum atomic E-state index is 0.569. The number of hydrogen-bond donors (Lipinski definition) is 0. The highest BCUT2D eigenvalue weighted by atomic mass is 15.0. The van der Waals surface area contributed by atoms with E-state index in [-0.39, 0.29) is 0 Å². The van der Waals surface area contributed by atoms with Crippen LogP contribution in [0.5, 0.6) is 0 Å².